The fourth-order valence-corrected chi connectivity index (χ4v) is 3.35. The highest BCUT2D eigenvalue weighted by Crippen LogP contribution is 2.23. The molecular formula is C17H21N3S. The van der Waals surface area contributed by atoms with Gasteiger partial charge in [0.2, 0.25) is 0 Å². The number of nitrogens with one attached hydrogen (secondary N) is 1. The van der Waals surface area contributed by atoms with Gasteiger partial charge in [-0.25, -0.2) is 4.98 Å². The van der Waals surface area contributed by atoms with Crippen LogP contribution in [0.4, 0.5) is 0 Å². The van der Waals surface area contributed by atoms with Crippen molar-refractivity contribution in [1.29, 1.82) is 0 Å². The van der Waals surface area contributed by atoms with Crippen molar-refractivity contribution in [3.05, 3.63) is 52.1 Å². The van der Waals surface area contributed by atoms with Crippen LogP contribution >= 0.6 is 11.3 Å². The normalized spacial score (nSPS) is 11.3. The van der Waals surface area contributed by atoms with Gasteiger partial charge in [-0.3, -0.25) is 0 Å². The van der Waals surface area contributed by atoms with Crippen LogP contribution in [-0.2, 0) is 19.5 Å². The van der Waals surface area contributed by atoms with Crippen LogP contribution in [-0.4, -0.2) is 16.1 Å². The molecule has 3 nitrogen and oxygen atoms in total. The first-order valence-corrected chi connectivity index (χ1v) is 8.40. The van der Waals surface area contributed by atoms with Gasteiger partial charge in [0.1, 0.15) is 0 Å². The van der Waals surface area contributed by atoms with Crippen LogP contribution in [0.2, 0.25) is 0 Å². The maximum atomic E-state index is 4.68. The van der Waals surface area contributed by atoms with E-state index < -0.39 is 0 Å². The van der Waals surface area contributed by atoms with Crippen molar-refractivity contribution in [1.82, 2.24) is 14.9 Å². The Morgan fingerprint density at radius 3 is 2.86 bits per heavy atom. The summed E-state index contributed by atoms with van der Waals surface area (Å²) >= 11 is 1.76. The summed E-state index contributed by atoms with van der Waals surface area (Å²) in [5, 5.41) is 8.15. The van der Waals surface area contributed by atoms with E-state index in [1.165, 1.54) is 21.5 Å². The summed E-state index contributed by atoms with van der Waals surface area (Å²) in [5.41, 5.74) is 3.81. The van der Waals surface area contributed by atoms with Gasteiger partial charge in [0.05, 0.1) is 17.2 Å². The number of hydrogen-bond donors (Lipinski definition) is 1. The molecule has 0 spiro atoms. The molecule has 3 rings (SSSR count). The summed E-state index contributed by atoms with van der Waals surface area (Å²) in [6, 6.07) is 8.61. The highest BCUT2D eigenvalue weighted by molar-refractivity contribution is 7.09. The summed E-state index contributed by atoms with van der Waals surface area (Å²) in [4.78, 5) is 4.68. The number of para-hydroxylation sites is 1. The summed E-state index contributed by atoms with van der Waals surface area (Å²) < 4.78 is 2.32. The largest absolute Gasteiger partial charge is 0.341 e. The van der Waals surface area contributed by atoms with Crippen LogP contribution in [0.3, 0.4) is 0 Å². The first-order chi connectivity index (χ1) is 10.3. The molecule has 0 aliphatic rings. The third kappa shape index (κ3) is 3.01. The maximum Gasteiger partial charge on any atom is 0.0926 e. The minimum atomic E-state index is 0.850. The highest BCUT2D eigenvalue weighted by Gasteiger charge is 2.09. The molecule has 0 fully saturated rings. The van der Waals surface area contributed by atoms with E-state index in [4.69, 9.17) is 0 Å². The topological polar surface area (TPSA) is 29.9 Å². The monoisotopic (exact) mass is 299 g/mol. The van der Waals surface area contributed by atoms with Crippen molar-refractivity contribution >= 4 is 22.2 Å². The molecule has 0 amide bonds. The summed E-state index contributed by atoms with van der Waals surface area (Å²) in [6.07, 6.45) is 3.28. The molecule has 4 heteroatoms. The molecule has 0 saturated carbocycles. The molecular weight excluding hydrogens is 278 g/mol. The van der Waals surface area contributed by atoms with Crippen molar-refractivity contribution in [2.45, 2.75) is 33.4 Å². The number of hydrogen-bond acceptors (Lipinski definition) is 3. The Kier molecular flexibility index (Phi) is 4.36. The van der Waals surface area contributed by atoms with Gasteiger partial charge >= 0.3 is 0 Å². The Balaban J connectivity index is 1.93. The van der Waals surface area contributed by atoms with Crippen LogP contribution in [0.25, 0.3) is 10.9 Å². The van der Waals surface area contributed by atoms with Gasteiger partial charge in [-0.2, -0.15) is 0 Å². The van der Waals surface area contributed by atoms with Crippen molar-refractivity contribution in [3.8, 4) is 0 Å². The molecule has 0 atom stereocenters. The second-order valence-electron chi connectivity index (χ2n) is 5.17. The van der Waals surface area contributed by atoms with Crippen molar-refractivity contribution in [3.63, 3.8) is 0 Å². The lowest BCUT2D eigenvalue weighted by Crippen LogP contribution is -2.11. The summed E-state index contributed by atoms with van der Waals surface area (Å²) in [7, 11) is 0. The van der Waals surface area contributed by atoms with E-state index in [-0.39, 0.29) is 0 Å². The number of aromatic nitrogens is 2. The fraction of sp³-hybridized carbons (Fsp3) is 0.353. The van der Waals surface area contributed by atoms with Gasteiger partial charge in [-0.15, -0.1) is 11.3 Å². The Labute approximate surface area is 129 Å². The van der Waals surface area contributed by atoms with E-state index in [0.29, 0.717) is 0 Å². The molecule has 0 unspecified atom stereocenters. The number of benzene rings is 1. The first kappa shape index (κ1) is 14.3. The number of rotatable bonds is 6. The summed E-state index contributed by atoms with van der Waals surface area (Å²) in [5.74, 6) is 0. The van der Waals surface area contributed by atoms with Crippen LogP contribution in [0, 0.1) is 0 Å². The van der Waals surface area contributed by atoms with Crippen molar-refractivity contribution in [2.75, 3.05) is 6.54 Å². The first-order valence-electron chi connectivity index (χ1n) is 7.52. The predicted molar refractivity (Wildman–Crippen MR) is 89.9 cm³/mol. The van der Waals surface area contributed by atoms with Gasteiger partial charge < -0.3 is 9.88 Å². The van der Waals surface area contributed by atoms with Crippen molar-refractivity contribution in [2.24, 2.45) is 0 Å². The SMILES string of the molecule is CCNCc1cn(Cc2csc(CC)n2)c2ccccc12. The lowest BCUT2D eigenvalue weighted by Gasteiger charge is -2.02. The van der Waals surface area contributed by atoms with E-state index in [1.807, 2.05) is 0 Å². The number of nitrogens with zero attached hydrogens (tertiary/aromatic N) is 2. The highest BCUT2D eigenvalue weighted by atomic mass is 32.1. The third-order valence-corrected chi connectivity index (χ3v) is 4.71. The molecule has 0 radical (unpaired) electrons. The zero-order chi connectivity index (χ0) is 14.7. The molecule has 3 aromatic rings. The zero-order valence-corrected chi connectivity index (χ0v) is 13.4. The second kappa shape index (κ2) is 6.41. The fourth-order valence-electron chi connectivity index (χ4n) is 2.61. The average Bonchev–Trinajstić information content (AvgIpc) is 3.11. The van der Waals surface area contributed by atoms with E-state index in [9.17, 15) is 0 Å². The lowest BCUT2D eigenvalue weighted by atomic mass is 10.2. The molecule has 2 aromatic heterocycles. The Bertz CT molecular complexity index is 727. The van der Waals surface area contributed by atoms with Crippen LogP contribution in [0.15, 0.2) is 35.8 Å². The zero-order valence-electron chi connectivity index (χ0n) is 12.6. The molecule has 1 N–H and O–H groups in total. The smallest absolute Gasteiger partial charge is 0.0926 e. The van der Waals surface area contributed by atoms with E-state index in [2.05, 4.69) is 64.6 Å². The minimum absolute atomic E-state index is 0.850. The molecule has 0 bridgehead atoms. The molecule has 21 heavy (non-hydrogen) atoms. The Hall–Kier alpha value is -1.65. The quantitative estimate of drug-likeness (QED) is 0.750. The molecule has 110 valence electrons. The lowest BCUT2D eigenvalue weighted by molar-refractivity contribution is 0.723. The maximum absolute atomic E-state index is 4.68. The van der Waals surface area contributed by atoms with Crippen LogP contribution in [0.5, 0.6) is 0 Å². The number of fused-ring (bicyclic) bond motifs is 1. The molecule has 0 saturated heterocycles. The van der Waals surface area contributed by atoms with Gasteiger partial charge in [-0.05, 0) is 24.6 Å². The van der Waals surface area contributed by atoms with E-state index in [0.717, 1.165) is 31.7 Å². The predicted octanol–water partition coefficient (Wildman–Crippen LogP) is 3.82. The van der Waals surface area contributed by atoms with Crippen molar-refractivity contribution < 1.29 is 0 Å². The third-order valence-electron chi connectivity index (χ3n) is 3.67. The molecule has 1 aromatic carbocycles. The number of thiazole rings is 1. The van der Waals surface area contributed by atoms with E-state index in [1.54, 1.807) is 11.3 Å². The molecule has 2 heterocycles. The average molecular weight is 299 g/mol. The van der Waals surface area contributed by atoms with Gasteiger partial charge in [0.15, 0.2) is 0 Å². The minimum Gasteiger partial charge on any atom is -0.341 e. The number of aryl methyl sites for hydroxylation is 1. The van der Waals surface area contributed by atoms with Gasteiger partial charge in [0, 0.05) is 29.0 Å². The van der Waals surface area contributed by atoms with Gasteiger partial charge in [-0.1, -0.05) is 32.0 Å². The second-order valence-corrected chi connectivity index (χ2v) is 6.11. The Morgan fingerprint density at radius 1 is 1.24 bits per heavy atom. The molecule has 0 aliphatic heterocycles. The van der Waals surface area contributed by atoms with Gasteiger partial charge in [0.25, 0.3) is 0 Å². The standard InChI is InChI=1S/C17H21N3S/c1-3-17-19-14(12-21-17)11-20-10-13(9-18-4-2)15-7-5-6-8-16(15)20/h5-8,10,12,18H,3-4,9,11H2,1-2H3. The van der Waals surface area contributed by atoms with Crippen LogP contribution < -0.4 is 5.32 Å². The van der Waals surface area contributed by atoms with Crippen LogP contribution in [0.1, 0.15) is 30.1 Å². The summed E-state index contributed by atoms with van der Waals surface area (Å²) in [6.45, 7) is 7.05. The van der Waals surface area contributed by atoms with E-state index >= 15 is 0 Å². The Morgan fingerprint density at radius 2 is 2.10 bits per heavy atom. The molecule has 0 aliphatic carbocycles.